The lowest BCUT2D eigenvalue weighted by atomic mass is 10.1. The third kappa shape index (κ3) is 2.94. The zero-order valence-corrected chi connectivity index (χ0v) is 11.3. The average molecular weight is 284 g/mol. The van der Waals surface area contributed by atoms with Crippen molar-refractivity contribution in [1.29, 1.82) is 0 Å². The molecule has 3 nitrogen and oxygen atoms in total. The molecule has 0 amide bonds. The zero-order chi connectivity index (χ0) is 11.4. The molecule has 1 heterocycles. The van der Waals surface area contributed by atoms with Crippen LogP contribution in [0.2, 0.25) is 0 Å². The van der Waals surface area contributed by atoms with E-state index in [9.17, 15) is 0 Å². The maximum Gasteiger partial charge on any atom is 0.133 e. The lowest BCUT2D eigenvalue weighted by Crippen LogP contribution is -2.31. The highest BCUT2D eigenvalue weighted by molar-refractivity contribution is 9.10. The molecule has 0 atom stereocenters. The summed E-state index contributed by atoms with van der Waals surface area (Å²) in [5.41, 5.74) is 0. The van der Waals surface area contributed by atoms with Gasteiger partial charge < -0.3 is 4.90 Å². The van der Waals surface area contributed by atoms with E-state index in [1.54, 1.807) is 6.33 Å². The predicted molar refractivity (Wildman–Crippen MR) is 69.6 cm³/mol. The average Bonchev–Trinajstić information content (AvgIpc) is 2.56. The molecule has 16 heavy (non-hydrogen) atoms. The molecule has 0 bridgehead atoms. The fraction of sp³-hybridized carbons (Fsp3) is 0.667. The van der Waals surface area contributed by atoms with E-state index in [4.69, 9.17) is 0 Å². The lowest BCUT2D eigenvalue weighted by Gasteiger charge is -2.28. The van der Waals surface area contributed by atoms with Gasteiger partial charge in [-0.25, -0.2) is 9.97 Å². The maximum absolute atomic E-state index is 4.33. The van der Waals surface area contributed by atoms with Gasteiger partial charge in [-0.1, -0.05) is 25.7 Å². The summed E-state index contributed by atoms with van der Waals surface area (Å²) in [6.07, 6.45) is 9.67. The summed E-state index contributed by atoms with van der Waals surface area (Å²) in [6.45, 7) is 0. The second kappa shape index (κ2) is 5.62. The molecule has 1 aromatic rings. The Bertz CT molecular complexity index is 335. The molecule has 0 N–H and O–H groups in total. The number of hydrogen-bond acceptors (Lipinski definition) is 3. The van der Waals surface area contributed by atoms with Crippen molar-refractivity contribution in [1.82, 2.24) is 9.97 Å². The molecule has 1 aliphatic carbocycles. The van der Waals surface area contributed by atoms with E-state index in [0.717, 1.165) is 10.4 Å². The number of halogens is 1. The van der Waals surface area contributed by atoms with Gasteiger partial charge in [0.15, 0.2) is 0 Å². The fourth-order valence-electron chi connectivity index (χ4n) is 2.35. The minimum Gasteiger partial charge on any atom is -0.357 e. The van der Waals surface area contributed by atoms with Crippen LogP contribution in [0.5, 0.6) is 0 Å². The van der Waals surface area contributed by atoms with Crippen LogP contribution in [-0.4, -0.2) is 23.1 Å². The van der Waals surface area contributed by atoms with Gasteiger partial charge in [0.2, 0.25) is 0 Å². The molecule has 0 saturated heterocycles. The maximum atomic E-state index is 4.33. The molecule has 0 unspecified atom stereocenters. The van der Waals surface area contributed by atoms with E-state index in [1.807, 2.05) is 6.07 Å². The van der Waals surface area contributed by atoms with Crippen LogP contribution in [0.3, 0.4) is 0 Å². The van der Waals surface area contributed by atoms with E-state index in [0.29, 0.717) is 6.04 Å². The third-order valence-corrected chi connectivity index (χ3v) is 3.79. The third-order valence-electron chi connectivity index (χ3n) is 3.35. The standard InChI is InChI=1S/C12H18BrN3/c1-16(10-6-4-2-3-5-7-10)12-8-11(13)14-9-15-12/h8-10H,2-7H2,1H3. The molecule has 1 saturated carbocycles. The van der Waals surface area contributed by atoms with E-state index < -0.39 is 0 Å². The van der Waals surface area contributed by atoms with Crippen molar-refractivity contribution >= 4 is 21.7 Å². The largest absolute Gasteiger partial charge is 0.357 e. The number of aromatic nitrogens is 2. The number of rotatable bonds is 2. The van der Waals surface area contributed by atoms with Crippen LogP contribution in [-0.2, 0) is 0 Å². The highest BCUT2D eigenvalue weighted by Crippen LogP contribution is 2.24. The number of nitrogens with zero attached hydrogens (tertiary/aromatic N) is 3. The number of anilines is 1. The summed E-state index contributed by atoms with van der Waals surface area (Å²) >= 11 is 3.39. The van der Waals surface area contributed by atoms with Crippen molar-refractivity contribution in [2.45, 2.75) is 44.6 Å². The van der Waals surface area contributed by atoms with E-state index in [-0.39, 0.29) is 0 Å². The molecule has 0 spiro atoms. The first kappa shape index (κ1) is 11.8. The van der Waals surface area contributed by atoms with Gasteiger partial charge in [-0.2, -0.15) is 0 Å². The van der Waals surface area contributed by atoms with Crippen LogP contribution in [0, 0.1) is 0 Å². The van der Waals surface area contributed by atoms with E-state index >= 15 is 0 Å². The molecule has 88 valence electrons. The first-order chi connectivity index (χ1) is 7.77. The Hall–Kier alpha value is -0.640. The predicted octanol–water partition coefficient (Wildman–Crippen LogP) is 3.40. The van der Waals surface area contributed by atoms with E-state index in [1.165, 1.54) is 38.5 Å². The molecular formula is C12H18BrN3. The van der Waals surface area contributed by atoms with Crippen LogP contribution in [0.15, 0.2) is 17.0 Å². The molecule has 0 aliphatic heterocycles. The van der Waals surface area contributed by atoms with E-state index in [2.05, 4.69) is 37.8 Å². The minimum atomic E-state index is 0.643. The quantitative estimate of drug-likeness (QED) is 0.615. The smallest absolute Gasteiger partial charge is 0.133 e. The highest BCUT2D eigenvalue weighted by Gasteiger charge is 2.18. The summed E-state index contributed by atoms with van der Waals surface area (Å²) in [5, 5.41) is 0. The fourth-order valence-corrected chi connectivity index (χ4v) is 2.65. The normalized spacial score (nSPS) is 18.1. The van der Waals surface area contributed by atoms with Crippen LogP contribution < -0.4 is 4.90 Å². The Morgan fingerprint density at radius 1 is 1.19 bits per heavy atom. The molecule has 1 aliphatic rings. The van der Waals surface area contributed by atoms with Gasteiger partial charge in [-0.15, -0.1) is 0 Å². The first-order valence-electron chi connectivity index (χ1n) is 5.98. The van der Waals surface area contributed by atoms with Crippen LogP contribution in [0.1, 0.15) is 38.5 Å². The summed E-state index contributed by atoms with van der Waals surface area (Å²) < 4.78 is 0.859. The Morgan fingerprint density at radius 3 is 2.50 bits per heavy atom. The highest BCUT2D eigenvalue weighted by atomic mass is 79.9. The lowest BCUT2D eigenvalue weighted by molar-refractivity contribution is 0.549. The van der Waals surface area contributed by atoms with Gasteiger partial charge in [0.1, 0.15) is 16.7 Å². The first-order valence-corrected chi connectivity index (χ1v) is 6.77. The minimum absolute atomic E-state index is 0.643. The van der Waals surface area contributed by atoms with Crippen LogP contribution >= 0.6 is 15.9 Å². The Morgan fingerprint density at radius 2 is 1.88 bits per heavy atom. The molecular weight excluding hydrogens is 266 g/mol. The Balaban J connectivity index is 2.07. The molecule has 4 heteroatoms. The van der Waals surface area contributed by atoms with Crippen molar-refractivity contribution in [3.63, 3.8) is 0 Å². The molecule has 0 radical (unpaired) electrons. The summed E-state index contributed by atoms with van der Waals surface area (Å²) in [7, 11) is 2.14. The Labute approximate surface area is 105 Å². The zero-order valence-electron chi connectivity index (χ0n) is 9.69. The van der Waals surface area contributed by atoms with Crippen molar-refractivity contribution in [3.05, 3.63) is 17.0 Å². The van der Waals surface area contributed by atoms with Gasteiger partial charge in [0, 0.05) is 19.2 Å². The molecule has 1 aromatic heterocycles. The van der Waals surface area contributed by atoms with Gasteiger partial charge in [-0.05, 0) is 28.8 Å². The van der Waals surface area contributed by atoms with Crippen molar-refractivity contribution in [2.75, 3.05) is 11.9 Å². The van der Waals surface area contributed by atoms with Gasteiger partial charge in [0.05, 0.1) is 0 Å². The summed E-state index contributed by atoms with van der Waals surface area (Å²) in [6, 6.07) is 2.63. The summed E-state index contributed by atoms with van der Waals surface area (Å²) in [4.78, 5) is 10.7. The number of hydrogen-bond donors (Lipinski definition) is 0. The van der Waals surface area contributed by atoms with Gasteiger partial charge in [0.25, 0.3) is 0 Å². The second-order valence-corrected chi connectivity index (χ2v) is 5.27. The van der Waals surface area contributed by atoms with Gasteiger partial charge in [-0.3, -0.25) is 0 Å². The van der Waals surface area contributed by atoms with Crippen molar-refractivity contribution < 1.29 is 0 Å². The molecule has 0 aromatic carbocycles. The summed E-state index contributed by atoms with van der Waals surface area (Å²) in [5.74, 6) is 1.02. The van der Waals surface area contributed by atoms with Crippen molar-refractivity contribution in [3.8, 4) is 0 Å². The second-order valence-electron chi connectivity index (χ2n) is 4.46. The van der Waals surface area contributed by atoms with Crippen molar-refractivity contribution in [2.24, 2.45) is 0 Å². The monoisotopic (exact) mass is 283 g/mol. The van der Waals surface area contributed by atoms with Crippen LogP contribution in [0.25, 0.3) is 0 Å². The molecule has 2 rings (SSSR count). The molecule has 1 fully saturated rings. The topological polar surface area (TPSA) is 29.0 Å². The van der Waals surface area contributed by atoms with Gasteiger partial charge >= 0.3 is 0 Å². The Kier molecular flexibility index (Phi) is 4.16. The SMILES string of the molecule is CN(c1cc(Br)ncn1)C1CCCCCC1. The van der Waals surface area contributed by atoms with Crippen LogP contribution in [0.4, 0.5) is 5.82 Å².